The van der Waals surface area contributed by atoms with Gasteiger partial charge in [0.15, 0.2) is 0 Å². The van der Waals surface area contributed by atoms with E-state index in [1.807, 2.05) is 0 Å². The van der Waals surface area contributed by atoms with E-state index in [4.69, 9.17) is 6.57 Å². The summed E-state index contributed by atoms with van der Waals surface area (Å²) in [6.07, 6.45) is 0. The van der Waals surface area contributed by atoms with E-state index in [1.165, 1.54) is 12.1 Å². The van der Waals surface area contributed by atoms with Crippen molar-refractivity contribution in [3.05, 3.63) is 35.7 Å². The summed E-state index contributed by atoms with van der Waals surface area (Å²) in [6, 6.07) is 5.97. The fraction of sp³-hybridized carbons (Fsp3) is 0.222. The average Bonchev–Trinajstić information content (AvgIpc) is 2.18. The minimum atomic E-state index is -3.77. The molecule has 0 N–H and O–H groups in total. The van der Waals surface area contributed by atoms with Crippen molar-refractivity contribution in [2.45, 2.75) is 11.8 Å². The van der Waals surface area contributed by atoms with Crippen molar-refractivity contribution >= 4 is 15.8 Å². The van der Waals surface area contributed by atoms with Gasteiger partial charge in [0.25, 0.3) is 10.1 Å². The number of hydrogen-bond acceptors (Lipinski definition) is 3. The van der Waals surface area contributed by atoms with Crippen LogP contribution in [-0.2, 0) is 14.3 Å². The van der Waals surface area contributed by atoms with Crippen LogP contribution in [0.4, 0.5) is 5.69 Å². The molecule has 0 saturated heterocycles. The molecular weight excluding hydrogens is 202 g/mol. The van der Waals surface area contributed by atoms with E-state index in [0.717, 1.165) is 0 Å². The minimum absolute atomic E-state index is 0.0642. The Bertz CT molecular complexity index is 459. The fourth-order valence-corrected chi connectivity index (χ4v) is 2.03. The molecular formula is C9H9NO3S. The van der Waals surface area contributed by atoms with Crippen LogP contribution in [0.1, 0.15) is 6.92 Å². The topological polar surface area (TPSA) is 47.7 Å². The molecule has 0 amide bonds. The lowest BCUT2D eigenvalue weighted by molar-refractivity contribution is 0.338. The molecule has 0 aromatic heterocycles. The third kappa shape index (κ3) is 2.10. The van der Waals surface area contributed by atoms with E-state index >= 15 is 0 Å². The maximum Gasteiger partial charge on any atom is 0.287 e. The van der Waals surface area contributed by atoms with E-state index in [-0.39, 0.29) is 17.2 Å². The molecule has 0 heterocycles. The Morgan fingerprint density at radius 2 is 2.07 bits per heavy atom. The van der Waals surface area contributed by atoms with Gasteiger partial charge in [0.05, 0.1) is 13.2 Å². The number of hydrogen-bond donors (Lipinski definition) is 0. The molecule has 5 heteroatoms. The molecule has 0 aliphatic carbocycles. The second-order valence-corrected chi connectivity index (χ2v) is 4.02. The molecule has 0 radical (unpaired) electrons. The predicted octanol–water partition coefficient (Wildman–Crippen LogP) is 1.96. The van der Waals surface area contributed by atoms with Crippen LogP contribution in [0.25, 0.3) is 4.85 Å². The van der Waals surface area contributed by atoms with Crippen LogP contribution in [0, 0.1) is 6.57 Å². The van der Waals surface area contributed by atoms with E-state index in [0.29, 0.717) is 0 Å². The molecule has 4 nitrogen and oxygen atoms in total. The van der Waals surface area contributed by atoms with Gasteiger partial charge in [-0.1, -0.05) is 24.3 Å². The Labute approximate surface area is 83.1 Å². The van der Waals surface area contributed by atoms with E-state index in [9.17, 15) is 8.42 Å². The van der Waals surface area contributed by atoms with Crippen LogP contribution in [0.3, 0.4) is 0 Å². The standard InChI is InChI=1S/C9H9NO3S/c1-3-13-14(11,12)9-7-5-4-6-8(9)10-2/h4-7H,3H2,1H3. The second-order valence-electron chi connectivity index (χ2n) is 2.44. The zero-order valence-electron chi connectivity index (χ0n) is 7.60. The maximum absolute atomic E-state index is 11.4. The lowest BCUT2D eigenvalue weighted by Gasteiger charge is -2.04. The summed E-state index contributed by atoms with van der Waals surface area (Å²) in [5, 5.41) is 0. The molecule has 0 atom stereocenters. The third-order valence-electron chi connectivity index (χ3n) is 1.53. The highest BCUT2D eigenvalue weighted by atomic mass is 32.2. The van der Waals surface area contributed by atoms with Gasteiger partial charge in [-0.15, -0.1) is 0 Å². The lowest BCUT2D eigenvalue weighted by atomic mass is 10.3. The molecule has 1 aromatic rings. The van der Waals surface area contributed by atoms with Crippen LogP contribution < -0.4 is 0 Å². The first-order valence-electron chi connectivity index (χ1n) is 3.97. The highest BCUT2D eigenvalue weighted by Crippen LogP contribution is 2.24. The summed E-state index contributed by atoms with van der Waals surface area (Å²) in [5.41, 5.74) is 0.0842. The summed E-state index contributed by atoms with van der Waals surface area (Å²) in [6.45, 7) is 8.45. The highest BCUT2D eigenvalue weighted by molar-refractivity contribution is 7.87. The van der Waals surface area contributed by atoms with Crippen molar-refractivity contribution < 1.29 is 12.6 Å². The van der Waals surface area contributed by atoms with Crippen LogP contribution >= 0.6 is 0 Å². The van der Waals surface area contributed by atoms with Gasteiger partial charge in [0.2, 0.25) is 5.69 Å². The Kier molecular flexibility index (Phi) is 3.23. The Morgan fingerprint density at radius 1 is 1.43 bits per heavy atom. The predicted molar refractivity (Wildman–Crippen MR) is 51.5 cm³/mol. The van der Waals surface area contributed by atoms with E-state index in [2.05, 4.69) is 9.03 Å². The van der Waals surface area contributed by atoms with E-state index < -0.39 is 10.1 Å². The van der Waals surface area contributed by atoms with Crippen molar-refractivity contribution in [2.24, 2.45) is 0 Å². The molecule has 0 unspecified atom stereocenters. The molecule has 1 rings (SSSR count). The van der Waals surface area contributed by atoms with Crippen molar-refractivity contribution in [1.82, 2.24) is 0 Å². The maximum atomic E-state index is 11.4. The van der Waals surface area contributed by atoms with Crippen molar-refractivity contribution in [2.75, 3.05) is 6.61 Å². The minimum Gasteiger partial charge on any atom is -0.268 e. The summed E-state index contributed by atoms with van der Waals surface area (Å²) in [5.74, 6) is 0. The van der Waals surface area contributed by atoms with Gasteiger partial charge >= 0.3 is 0 Å². The number of para-hydroxylation sites is 1. The molecule has 0 aliphatic heterocycles. The van der Waals surface area contributed by atoms with Gasteiger partial charge in [0.1, 0.15) is 4.90 Å². The molecule has 0 aliphatic rings. The highest BCUT2D eigenvalue weighted by Gasteiger charge is 2.17. The number of nitrogens with zero attached hydrogens (tertiary/aromatic N) is 1. The molecule has 0 saturated carbocycles. The van der Waals surface area contributed by atoms with Gasteiger partial charge < -0.3 is 0 Å². The van der Waals surface area contributed by atoms with Gasteiger partial charge in [-0.25, -0.2) is 4.85 Å². The molecule has 0 bridgehead atoms. The van der Waals surface area contributed by atoms with Gasteiger partial charge in [-0.05, 0) is 6.92 Å². The third-order valence-corrected chi connectivity index (χ3v) is 2.96. The van der Waals surface area contributed by atoms with Crippen LogP contribution in [0.5, 0.6) is 0 Å². The van der Waals surface area contributed by atoms with Crippen molar-refractivity contribution in [3.8, 4) is 0 Å². The summed E-state index contributed by atoms with van der Waals surface area (Å²) < 4.78 is 27.5. The normalized spacial score (nSPS) is 10.9. The second kappa shape index (κ2) is 4.22. The number of rotatable bonds is 3. The van der Waals surface area contributed by atoms with Gasteiger partial charge in [-0.2, -0.15) is 8.42 Å². The quantitative estimate of drug-likeness (QED) is 0.567. The zero-order chi connectivity index (χ0) is 10.6. The molecule has 0 fully saturated rings. The van der Waals surface area contributed by atoms with Crippen LogP contribution in [0.2, 0.25) is 0 Å². The van der Waals surface area contributed by atoms with Gasteiger partial charge in [-0.3, -0.25) is 4.18 Å². The Balaban J connectivity index is 3.27. The molecule has 1 aromatic carbocycles. The average molecular weight is 211 g/mol. The first kappa shape index (κ1) is 10.7. The molecule has 74 valence electrons. The molecule has 0 spiro atoms. The van der Waals surface area contributed by atoms with Crippen LogP contribution in [-0.4, -0.2) is 15.0 Å². The summed E-state index contributed by atoms with van der Waals surface area (Å²) in [4.78, 5) is 3.04. The monoisotopic (exact) mass is 211 g/mol. The van der Waals surface area contributed by atoms with E-state index in [1.54, 1.807) is 19.1 Å². The summed E-state index contributed by atoms with van der Waals surface area (Å²) >= 11 is 0. The lowest BCUT2D eigenvalue weighted by Crippen LogP contribution is -2.05. The largest absolute Gasteiger partial charge is 0.287 e. The smallest absolute Gasteiger partial charge is 0.268 e. The Morgan fingerprint density at radius 3 is 2.64 bits per heavy atom. The van der Waals surface area contributed by atoms with Crippen molar-refractivity contribution in [1.29, 1.82) is 0 Å². The zero-order valence-corrected chi connectivity index (χ0v) is 8.41. The SMILES string of the molecule is [C-]#[N+]c1ccccc1S(=O)(=O)OCC. The summed E-state index contributed by atoms with van der Waals surface area (Å²) in [7, 11) is -3.77. The van der Waals surface area contributed by atoms with Crippen molar-refractivity contribution in [3.63, 3.8) is 0 Å². The number of benzene rings is 1. The molecule has 14 heavy (non-hydrogen) atoms. The van der Waals surface area contributed by atoms with Crippen LogP contribution in [0.15, 0.2) is 29.2 Å². The fourth-order valence-electron chi connectivity index (χ4n) is 0.980. The first-order chi connectivity index (χ1) is 6.61. The Hall–Kier alpha value is -1.38. The van der Waals surface area contributed by atoms with Gasteiger partial charge in [0, 0.05) is 0 Å². The first-order valence-corrected chi connectivity index (χ1v) is 5.38.